The molecular weight excluding hydrogens is 170 g/mol. The Morgan fingerprint density at radius 3 is 2.92 bits per heavy atom. The van der Waals surface area contributed by atoms with Crippen LogP contribution in [0.5, 0.6) is 0 Å². The average Bonchev–Trinajstić information content (AvgIpc) is 2.58. The van der Waals surface area contributed by atoms with E-state index in [1.165, 1.54) is 5.75 Å². The normalized spacial score (nSPS) is 29.5. The van der Waals surface area contributed by atoms with Crippen molar-refractivity contribution in [2.75, 3.05) is 5.75 Å². The standard InChI is InChI=1S/C9H13NOS/c1-6-5-12-9(10-6)8-4-3-7(2)11-8/h3-4,6,9-10H,5H2,1-2H3. The first-order valence-electron chi connectivity index (χ1n) is 4.19. The zero-order valence-electron chi connectivity index (χ0n) is 7.33. The molecule has 1 aromatic heterocycles. The van der Waals surface area contributed by atoms with Gasteiger partial charge in [0, 0.05) is 11.8 Å². The Bertz CT molecular complexity index is 271. The van der Waals surface area contributed by atoms with Gasteiger partial charge < -0.3 is 4.42 Å². The Hall–Kier alpha value is -0.410. The van der Waals surface area contributed by atoms with Crippen LogP contribution in [0.4, 0.5) is 0 Å². The molecule has 1 aliphatic heterocycles. The molecule has 2 unspecified atom stereocenters. The molecule has 1 fully saturated rings. The molecule has 1 N–H and O–H groups in total. The van der Waals surface area contributed by atoms with Crippen LogP contribution in [0.1, 0.15) is 23.8 Å². The SMILES string of the molecule is Cc1ccc(C2NC(C)CS2)o1. The molecule has 1 aromatic rings. The number of hydrogen-bond donors (Lipinski definition) is 1. The van der Waals surface area contributed by atoms with Crippen LogP contribution >= 0.6 is 11.8 Å². The first-order chi connectivity index (χ1) is 5.75. The maximum absolute atomic E-state index is 5.53. The smallest absolute Gasteiger partial charge is 0.131 e. The number of thioether (sulfide) groups is 1. The van der Waals surface area contributed by atoms with Gasteiger partial charge in [-0.25, -0.2) is 0 Å². The monoisotopic (exact) mass is 183 g/mol. The minimum atomic E-state index is 0.369. The third-order valence-corrected chi connectivity index (χ3v) is 3.36. The topological polar surface area (TPSA) is 25.2 Å². The molecule has 0 bridgehead atoms. The van der Waals surface area contributed by atoms with Crippen LogP contribution in [-0.2, 0) is 0 Å². The predicted molar refractivity (Wildman–Crippen MR) is 51.2 cm³/mol. The summed E-state index contributed by atoms with van der Waals surface area (Å²) in [5.74, 6) is 3.22. The second-order valence-corrected chi connectivity index (χ2v) is 4.37. The number of furan rings is 1. The third kappa shape index (κ3) is 1.52. The van der Waals surface area contributed by atoms with Crippen LogP contribution in [-0.4, -0.2) is 11.8 Å². The highest BCUT2D eigenvalue weighted by molar-refractivity contribution is 7.99. The van der Waals surface area contributed by atoms with E-state index >= 15 is 0 Å². The van der Waals surface area contributed by atoms with E-state index in [0.29, 0.717) is 11.4 Å². The van der Waals surface area contributed by atoms with Crippen LogP contribution in [0.15, 0.2) is 16.5 Å². The Morgan fingerprint density at radius 2 is 2.42 bits per heavy atom. The van der Waals surface area contributed by atoms with Gasteiger partial charge in [0.25, 0.3) is 0 Å². The van der Waals surface area contributed by atoms with Crippen LogP contribution in [0.3, 0.4) is 0 Å². The summed E-state index contributed by atoms with van der Waals surface area (Å²) >= 11 is 1.91. The summed E-state index contributed by atoms with van der Waals surface area (Å²) in [7, 11) is 0. The predicted octanol–water partition coefficient (Wildman–Crippen LogP) is 2.31. The lowest BCUT2D eigenvalue weighted by molar-refractivity contribution is 0.453. The maximum atomic E-state index is 5.53. The highest BCUT2D eigenvalue weighted by atomic mass is 32.2. The molecule has 1 saturated heterocycles. The lowest BCUT2D eigenvalue weighted by atomic mass is 10.3. The molecule has 2 nitrogen and oxygen atoms in total. The van der Waals surface area contributed by atoms with Crippen molar-refractivity contribution in [2.45, 2.75) is 25.3 Å². The molecule has 0 aromatic carbocycles. The molecule has 2 heterocycles. The maximum Gasteiger partial charge on any atom is 0.131 e. The molecule has 3 heteroatoms. The van der Waals surface area contributed by atoms with Gasteiger partial charge in [-0.3, -0.25) is 5.32 Å². The van der Waals surface area contributed by atoms with Gasteiger partial charge in [-0.2, -0.15) is 0 Å². The van der Waals surface area contributed by atoms with E-state index < -0.39 is 0 Å². The summed E-state index contributed by atoms with van der Waals surface area (Å²) in [4.78, 5) is 0. The number of rotatable bonds is 1. The van der Waals surface area contributed by atoms with Gasteiger partial charge in [0.05, 0.1) is 0 Å². The second kappa shape index (κ2) is 3.15. The summed E-state index contributed by atoms with van der Waals surface area (Å²) in [5.41, 5.74) is 0. The van der Waals surface area contributed by atoms with Gasteiger partial charge in [0.1, 0.15) is 16.9 Å². The van der Waals surface area contributed by atoms with Crippen molar-refractivity contribution in [1.29, 1.82) is 0 Å². The minimum Gasteiger partial charge on any atom is -0.464 e. The number of aryl methyl sites for hydroxylation is 1. The number of hydrogen-bond acceptors (Lipinski definition) is 3. The zero-order valence-corrected chi connectivity index (χ0v) is 8.15. The molecule has 0 radical (unpaired) electrons. The molecule has 0 spiro atoms. The van der Waals surface area contributed by atoms with Gasteiger partial charge in [-0.05, 0) is 26.0 Å². The van der Waals surface area contributed by atoms with E-state index in [1.54, 1.807) is 0 Å². The lowest BCUT2D eigenvalue weighted by Gasteiger charge is -2.06. The van der Waals surface area contributed by atoms with E-state index in [1.807, 2.05) is 24.8 Å². The lowest BCUT2D eigenvalue weighted by Crippen LogP contribution is -2.21. The van der Waals surface area contributed by atoms with Crippen LogP contribution < -0.4 is 5.32 Å². The van der Waals surface area contributed by atoms with E-state index in [9.17, 15) is 0 Å². The molecule has 66 valence electrons. The minimum absolute atomic E-state index is 0.369. The van der Waals surface area contributed by atoms with Crippen molar-refractivity contribution in [3.63, 3.8) is 0 Å². The summed E-state index contributed by atoms with van der Waals surface area (Å²) in [5, 5.41) is 3.82. The Kier molecular flexibility index (Phi) is 2.15. The van der Waals surface area contributed by atoms with Gasteiger partial charge in [0.15, 0.2) is 0 Å². The van der Waals surface area contributed by atoms with Crippen molar-refractivity contribution in [3.8, 4) is 0 Å². The molecule has 0 amide bonds. The third-order valence-electron chi connectivity index (χ3n) is 1.97. The van der Waals surface area contributed by atoms with Crippen molar-refractivity contribution in [3.05, 3.63) is 23.7 Å². The van der Waals surface area contributed by atoms with E-state index in [4.69, 9.17) is 4.42 Å². The van der Waals surface area contributed by atoms with Gasteiger partial charge in [0.2, 0.25) is 0 Å². The number of nitrogens with one attached hydrogen (secondary N) is 1. The molecular formula is C9H13NOS. The largest absolute Gasteiger partial charge is 0.464 e. The summed E-state index contributed by atoms with van der Waals surface area (Å²) in [6.45, 7) is 4.18. The van der Waals surface area contributed by atoms with Crippen molar-refractivity contribution < 1.29 is 4.42 Å². The van der Waals surface area contributed by atoms with Crippen LogP contribution in [0, 0.1) is 6.92 Å². The van der Waals surface area contributed by atoms with Gasteiger partial charge in [-0.15, -0.1) is 11.8 Å². The fourth-order valence-electron chi connectivity index (χ4n) is 1.35. The van der Waals surface area contributed by atoms with E-state index in [-0.39, 0.29) is 0 Å². The Labute approximate surface area is 76.7 Å². The molecule has 2 rings (SSSR count). The Morgan fingerprint density at radius 1 is 1.58 bits per heavy atom. The van der Waals surface area contributed by atoms with Gasteiger partial charge in [-0.1, -0.05) is 0 Å². The van der Waals surface area contributed by atoms with Crippen molar-refractivity contribution in [2.24, 2.45) is 0 Å². The van der Waals surface area contributed by atoms with Gasteiger partial charge >= 0.3 is 0 Å². The van der Waals surface area contributed by atoms with E-state index in [2.05, 4.69) is 18.3 Å². The summed E-state index contributed by atoms with van der Waals surface area (Å²) in [6.07, 6.45) is 0. The molecule has 0 aliphatic carbocycles. The Balaban J connectivity index is 2.11. The highest BCUT2D eigenvalue weighted by Gasteiger charge is 2.24. The first kappa shape index (κ1) is 8.20. The summed E-state index contributed by atoms with van der Waals surface area (Å²) in [6, 6.07) is 4.67. The molecule has 2 atom stereocenters. The average molecular weight is 183 g/mol. The first-order valence-corrected chi connectivity index (χ1v) is 5.24. The highest BCUT2D eigenvalue weighted by Crippen LogP contribution is 2.33. The molecule has 0 saturated carbocycles. The second-order valence-electron chi connectivity index (χ2n) is 3.23. The van der Waals surface area contributed by atoms with Crippen molar-refractivity contribution >= 4 is 11.8 Å². The fraction of sp³-hybridized carbons (Fsp3) is 0.556. The van der Waals surface area contributed by atoms with E-state index in [0.717, 1.165) is 11.5 Å². The zero-order chi connectivity index (χ0) is 8.55. The molecule has 1 aliphatic rings. The van der Waals surface area contributed by atoms with Crippen LogP contribution in [0.2, 0.25) is 0 Å². The fourth-order valence-corrected chi connectivity index (χ4v) is 2.55. The molecule has 12 heavy (non-hydrogen) atoms. The van der Waals surface area contributed by atoms with Crippen LogP contribution in [0.25, 0.3) is 0 Å². The summed E-state index contributed by atoms with van der Waals surface area (Å²) < 4.78 is 5.53. The van der Waals surface area contributed by atoms with Crippen molar-refractivity contribution in [1.82, 2.24) is 5.32 Å². The quantitative estimate of drug-likeness (QED) is 0.723.